The predicted octanol–water partition coefficient (Wildman–Crippen LogP) is 4.85. The van der Waals surface area contributed by atoms with Gasteiger partial charge in [-0.2, -0.15) is 13.2 Å². The first kappa shape index (κ1) is 18.6. The van der Waals surface area contributed by atoms with Gasteiger partial charge in [-0.1, -0.05) is 38.1 Å². The fourth-order valence-electron chi connectivity index (χ4n) is 2.58. The molecule has 3 aromatic rings. The number of ether oxygens (including phenoxy) is 1. The highest BCUT2D eigenvalue weighted by atomic mass is 32.1. The van der Waals surface area contributed by atoms with Gasteiger partial charge in [-0.25, -0.2) is 4.98 Å². The smallest absolute Gasteiger partial charge is 0.367 e. The number of fused-ring (bicyclic) bond motifs is 1. The molecular formula is C18H17F3N2O2S. The monoisotopic (exact) mass is 382 g/mol. The zero-order chi connectivity index (χ0) is 18.9. The van der Waals surface area contributed by atoms with Crippen molar-refractivity contribution >= 4 is 21.6 Å². The van der Waals surface area contributed by atoms with Crippen LogP contribution in [-0.2, 0) is 11.3 Å². The van der Waals surface area contributed by atoms with Crippen LogP contribution in [0.5, 0.6) is 0 Å². The highest BCUT2D eigenvalue weighted by molar-refractivity contribution is 7.16. The van der Waals surface area contributed by atoms with Gasteiger partial charge in [-0.15, -0.1) is 11.3 Å². The average molecular weight is 382 g/mol. The molecule has 2 heterocycles. The van der Waals surface area contributed by atoms with E-state index >= 15 is 0 Å². The summed E-state index contributed by atoms with van der Waals surface area (Å²) in [5.74, 6) is 0.663. The normalized spacial score (nSPS) is 12.2. The zero-order valence-corrected chi connectivity index (χ0v) is 15.0. The van der Waals surface area contributed by atoms with Crippen LogP contribution in [0.2, 0.25) is 0 Å². The molecule has 2 aromatic heterocycles. The Bertz CT molecular complexity index is 959. The van der Waals surface area contributed by atoms with Crippen LogP contribution < -0.4 is 5.56 Å². The van der Waals surface area contributed by atoms with Crippen LogP contribution in [-0.4, -0.2) is 22.8 Å². The number of hydrogen-bond acceptors (Lipinski definition) is 4. The van der Waals surface area contributed by atoms with Crippen molar-refractivity contribution in [3.8, 4) is 11.4 Å². The molecule has 0 aliphatic heterocycles. The number of H-pyrrole nitrogens is 1. The van der Waals surface area contributed by atoms with Gasteiger partial charge in [0.1, 0.15) is 17.3 Å². The molecule has 0 saturated carbocycles. The van der Waals surface area contributed by atoms with Crippen LogP contribution in [0.15, 0.2) is 34.4 Å². The van der Waals surface area contributed by atoms with Gasteiger partial charge in [-0.05, 0) is 22.4 Å². The van der Waals surface area contributed by atoms with Crippen LogP contribution >= 0.6 is 11.3 Å². The summed E-state index contributed by atoms with van der Waals surface area (Å²) >= 11 is 1.42. The number of nitrogens with one attached hydrogen (secondary N) is 1. The van der Waals surface area contributed by atoms with E-state index in [0.717, 1.165) is 5.56 Å². The molecule has 0 fully saturated rings. The second-order valence-corrected chi connectivity index (χ2v) is 7.10. The van der Waals surface area contributed by atoms with Crippen LogP contribution in [0.3, 0.4) is 0 Å². The van der Waals surface area contributed by atoms with Gasteiger partial charge in [0.05, 0.1) is 12.0 Å². The summed E-state index contributed by atoms with van der Waals surface area (Å²) in [6.45, 7) is 2.63. The Kier molecular flexibility index (Phi) is 5.15. The van der Waals surface area contributed by atoms with E-state index in [1.807, 2.05) is 19.2 Å². The standard InChI is InChI=1S/C18H17F3N2O2S/c1-10(2)13-8-26-17-14(13)16(24)22-15(23-17)12-5-3-11(4-6-12)7-25-9-18(19,20)21/h3-6,8,10H,7,9H2,1-2H3,(H,22,23,24). The van der Waals surface area contributed by atoms with Gasteiger partial charge in [0.15, 0.2) is 0 Å². The average Bonchev–Trinajstić information content (AvgIpc) is 2.99. The van der Waals surface area contributed by atoms with Crippen LogP contribution in [0.1, 0.15) is 30.9 Å². The van der Waals surface area contributed by atoms with E-state index in [9.17, 15) is 18.0 Å². The van der Waals surface area contributed by atoms with Gasteiger partial charge in [0.25, 0.3) is 5.56 Å². The summed E-state index contributed by atoms with van der Waals surface area (Å²) in [6, 6.07) is 6.72. The Morgan fingerprint density at radius 2 is 1.92 bits per heavy atom. The van der Waals surface area contributed by atoms with E-state index < -0.39 is 12.8 Å². The maximum absolute atomic E-state index is 12.4. The first-order chi connectivity index (χ1) is 12.2. The molecule has 138 valence electrons. The molecule has 1 N–H and O–H groups in total. The molecule has 0 amide bonds. The largest absolute Gasteiger partial charge is 0.411 e. The Balaban J connectivity index is 1.82. The summed E-state index contributed by atoms with van der Waals surface area (Å²) in [6.07, 6.45) is -4.34. The molecule has 0 radical (unpaired) electrons. The van der Waals surface area contributed by atoms with Crippen LogP contribution in [0.4, 0.5) is 13.2 Å². The highest BCUT2D eigenvalue weighted by Gasteiger charge is 2.27. The molecule has 0 aliphatic rings. The molecule has 0 bridgehead atoms. The van der Waals surface area contributed by atoms with Gasteiger partial charge in [0, 0.05) is 5.56 Å². The summed E-state index contributed by atoms with van der Waals surface area (Å²) in [5, 5.41) is 2.56. The van der Waals surface area contributed by atoms with E-state index in [-0.39, 0.29) is 18.1 Å². The number of thiophene rings is 1. The maximum atomic E-state index is 12.4. The van der Waals surface area contributed by atoms with Gasteiger partial charge in [-0.3, -0.25) is 4.79 Å². The highest BCUT2D eigenvalue weighted by Crippen LogP contribution is 2.28. The SMILES string of the molecule is CC(C)c1csc2nc(-c3ccc(COCC(F)(F)F)cc3)[nH]c(=O)c12. The Morgan fingerprint density at radius 1 is 1.23 bits per heavy atom. The van der Waals surface area contributed by atoms with E-state index in [1.165, 1.54) is 11.3 Å². The zero-order valence-electron chi connectivity index (χ0n) is 14.2. The van der Waals surface area contributed by atoms with E-state index in [0.29, 0.717) is 27.2 Å². The Labute approximate surface area is 151 Å². The fraction of sp³-hybridized carbons (Fsp3) is 0.333. The van der Waals surface area contributed by atoms with Crippen molar-refractivity contribution in [2.45, 2.75) is 32.5 Å². The maximum Gasteiger partial charge on any atom is 0.411 e. The first-order valence-corrected chi connectivity index (χ1v) is 8.88. The van der Waals surface area contributed by atoms with Crippen molar-refractivity contribution < 1.29 is 17.9 Å². The number of aromatic nitrogens is 2. The fourth-order valence-corrected chi connectivity index (χ4v) is 3.68. The Hall–Kier alpha value is -2.19. The van der Waals surface area contributed by atoms with Gasteiger partial charge < -0.3 is 9.72 Å². The van der Waals surface area contributed by atoms with E-state index in [2.05, 4.69) is 14.7 Å². The lowest BCUT2D eigenvalue weighted by Gasteiger charge is -2.08. The summed E-state index contributed by atoms with van der Waals surface area (Å²) < 4.78 is 40.9. The molecular weight excluding hydrogens is 365 g/mol. The molecule has 0 atom stereocenters. The quantitative estimate of drug-likeness (QED) is 0.686. The van der Waals surface area contributed by atoms with Crippen LogP contribution in [0, 0.1) is 0 Å². The number of hydrogen-bond donors (Lipinski definition) is 1. The summed E-state index contributed by atoms with van der Waals surface area (Å²) in [7, 11) is 0. The van der Waals surface area contributed by atoms with Crippen LogP contribution in [0.25, 0.3) is 21.6 Å². The minimum atomic E-state index is -4.34. The van der Waals surface area contributed by atoms with Crippen molar-refractivity contribution in [2.24, 2.45) is 0 Å². The van der Waals surface area contributed by atoms with Gasteiger partial charge in [0.2, 0.25) is 0 Å². The molecule has 8 heteroatoms. The Morgan fingerprint density at radius 3 is 2.54 bits per heavy atom. The van der Waals surface area contributed by atoms with E-state index in [1.54, 1.807) is 24.3 Å². The molecule has 0 saturated heterocycles. The number of alkyl halides is 3. The van der Waals surface area contributed by atoms with Crippen molar-refractivity contribution in [2.75, 3.05) is 6.61 Å². The molecule has 26 heavy (non-hydrogen) atoms. The minimum Gasteiger partial charge on any atom is -0.367 e. The molecule has 0 unspecified atom stereocenters. The third-order valence-electron chi connectivity index (χ3n) is 3.86. The topological polar surface area (TPSA) is 55.0 Å². The van der Waals surface area contributed by atoms with Crippen molar-refractivity contribution in [3.63, 3.8) is 0 Å². The first-order valence-electron chi connectivity index (χ1n) is 8.00. The lowest BCUT2D eigenvalue weighted by atomic mass is 10.0. The predicted molar refractivity (Wildman–Crippen MR) is 95.5 cm³/mol. The lowest BCUT2D eigenvalue weighted by Crippen LogP contribution is -2.16. The number of benzene rings is 1. The number of aromatic amines is 1. The third kappa shape index (κ3) is 4.13. The molecule has 0 aliphatic carbocycles. The lowest BCUT2D eigenvalue weighted by molar-refractivity contribution is -0.176. The van der Waals surface area contributed by atoms with Gasteiger partial charge >= 0.3 is 6.18 Å². The third-order valence-corrected chi connectivity index (χ3v) is 4.75. The molecule has 3 rings (SSSR count). The van der Waals surface area contributed by atoms with Crippen molar-refractivity contribution in [1.29, 1.82) is 0 Å². The van der Waals surface area contributed by atoms with Crippen molar-refractivity contribution in [3.05, 3.63) is 51.1 Å². The van der Waals surface area contributed by atoms with E-state index in [4.69, 9.17) is 0 Å². The molecule has 4 nitrogen and oxygen atoms in total. The number of halogens is 3. The van der Waals surface area contributed by atoms with Crippen molar-refractivity contribution in [1.82, 2.24) is 9.97 Å². The molecule has 1 aromatic carbocycles. The second kappa shape index (κ2) is 7.20. The number of nitrogens with zero attached hydrogens (tertiary/aromatic N) is 1. The summed E-state index contributed by atoms with van der Waals surface area (Å²) in [4.78, 5) is 20.4. The summed E-state index contributed by atoms with van der Waals surface area (Å²) in [5.41, 5.74) is 2.08. The second-order valence-electron chi connectivity index (χ2n) is 6.25. The number of rotatable bonds is 5. The minimum absolute atomic E-state index is 0.133. The molecule has 0 spiro atoms.